The summed E-state index contributed by atoms with van der Waals surface area (Å²) in [5, 5.41) is 2.81. The molecule has 2 fully saturated rings. The van der Waals surface area contributed by atoms with Crippen molar-refractivity contribution in [3.8, 4) is 11.5 Å². The molecular weight excluding hydrogens is 422 g/mol. The van der Waals surface area contributed by atoms with Gasteiger partial charge in [0, 0.05) is 32.2 Å². The largest absolute Gasteiger partial charge is 0.454 e. The van der Waals surface area contributed by atoms with Gasteiger partial charge in [-0.2, -0.15) is 4.31 Å². The average molecular weight is 445 g/mol. The lowest BCUT2D eigenvalue weighted by Gasteiger charge is -2.33. The summed E-state index contributed by atoms with van der Waals surface area (Å²) < 4.78 is 45.4. The summed E-state index contributed by atoms with van der Waals surface area (Å²) >= 11 is 0. The molecule has 3 heterocycles. The molecule has 3 aliphatic rings. The van der Waals surface area contributed by atoms with Crippen LogP contribution in [0.15, 0.2) is 41.3 Å². The van der Waals surface area contributed by atoms with Gasteiger partial charge in [0.1, 0.15) is 10.6 Å². The van der Waals surface area contributed by atoms with Crippen molar-refractivity contribution in [2.45, 2.75) is 4.90 Å². The number of para-hydroxylation sites is 2. The van der Waals surface area contributed by atoms with Gasteiger partial charge in [0.25, 0.3) is 5.91 Å². The van der Waals surface area contributed by atoms with Crippen molar-refractivity contribution in [2.75, 3.05) is 62.8 Å². The zero-order valence-electron chi connectivity index (χ0n) is 16.9. The molecule has 0 spiro atoms. The van der Waals surface area contributed by atoms with Crippen molar-refractivity contribution < 1.29 is 27.4 Å². The minimum absolute atomic E-state index is 0.0970. The van der Waals surface area contributed by atoms with Gasteiger partial charge < -0.3 is 24.4 Å². The SMILES string of the molecule is O=C1Nc2ccccc2Oc2cc(N3CCOCC3)c(S(=O)(=O)N3CCOCC3)cc21. The van der Waals surface area contributed by atoms with E-state index >= 15 is 0 Å². The molecule has 31 heavy (non-hydrogen) atoms. The summed E-state index contributed by atoms with van der Waals surface area (Å²) in [6.45, 7) is 3.33. The highest BCUT2D eigenvalue weighted by atomic mass is 32.2. The van der Waals surface area contributed by atoms with Crippen LogP contribution >= 0.6 is 0 Å². The van der Waals surface area contributed by atoms with Crippen LogP contribution in [-0.4, -0.2) is 71.2 Å². The molecule has 0 unspecified atom stereocenters. The Morgan fingerprint density at radius 1 is 0.871 bits per heavy atom. The third kappa shape index (κ3) is 3.76. The van der Waals surface area contributed by atoms with E-state index in [-0.39, 0.29) is 23.5 Å². The van der Waals surface area contributed by atoms with Crippen molar-refractivity contribution in [3.05, 3.63) is 42.0 Å². The summed E-state index contributed by atoms with van der Waals surface area (Å²) in [5.74, 6) is 0.420. The van der Waals surface area contributed by atoms with E-state index in [0.717, 1.165) is 0 Å². The van der Waals surface area contributed by atoms with Crippen LogP contribution in [0.25, 0.3) is 0 Å². The molecule has 3 aliphatic heterocycles. The molecule has 0 aliphatic carbocycles. The fraction of sp³-hybridized carbons (Fsp3) is 0.381. The molecular formula is C21H23N3O6S. The van der Waals surface area contributed by atoms with Crippen LogP contribution in [0.1, 0.15) is 10.4 Å². The Labute approximate surface area is 180 Å². The predicted octanol–water partition coefficient (Wildman–Crippen LogP) is 1.90. The van der Waals surface area contributed by atoms with E-state index in [1.807, 2.05) is 11.0 Å². The molecule has 2 aromatic rings. The lowest BCUT2D eigenvalue weighted by molar-refractivity contribution is 0.0730. The van der Waals surface area contributed by atoms with E-state index in [1.165, 1.54) is 10.4 Å². The number of hydrogen-bond acceptors (Lipinski definition) is 7. The van der Waals surface area contributed by atoms with E-state index in [1.54, 1.807) is 24.3 Å². The number of ether oxygens (including phenoxy) is 3. The Bertz CT molecular complexity index is 1110. The molecule has 0 saturated carbocycles. The maximum absolute atomic E-state index is 13.6. The predicted molar refractivity (Wildman–Crippen MR) is 114 cm³/mol. The molecule has 9 nitrogen and oxygen atoms in total. The molecule has 164 valence electrons. The lowest BCUT2D eigenvalue weighted by atomic mass is 10.1. The van der Waals surface area contributed by atoms with Crippen LogP contribution in [0.2, 0.25) is 0 Å². The number of carbonyl (C=O) groups is 1. The fourth-order valence-corrected chi connectivity index (χ4v) is 5.59. The second kappa shape index (κ2) is 8.12. The molecule has 10 heteroatoms. The number of hydrogen-bond donors (Lipinski definition) is 1. The van der Waals surface area contributed by atoms with E-state index < -0.39 is 15.9 Å². The van der Waals surface area contributed by atoms with Crippen molar-refractivity contribution >= 4 is 27.3 Å². The Morgan fingerprint density at radius 3 is 2.29 bits per heavy atom. The zero-order chi connectivity index (χ0) is 21.4. The van der Waals surface area contributed by atoms with Gasteiger partial charge in [-0.25, -0.2) is 8.42 Å². The summed E-state index contributed by atoms with van der Waals surface area (Å²) in [5.41, 5.74) is 1.23. The standard InChI is InChI=1S/C21H23N3O6S/c25-21-15-13-20(31(26,27)24-7-11-29-12-8-24)17(23-5-9-28-10-6-23)14-19(15)30-18-4-2-1-3-16(18)22-21/h1-4,13-14H,5-12H2,(H,22,25). The molecule has 1 N–H and O–H groups in total. The second-order valence-electron chi connectivity index (χ2n) is 7.48. The van der Waals surface area contributed by atoms with Crippen LogP contribution < -0.4 is 15.0 Å². The third-order valence-electron chi connectivity index (χ3n) is 5.60. The monoisotopic (exact) mass is 445 g/mol. The minimum atomic E-state index is -3.84. The van der Waals surface area contributed by atoms with Crippen molar-refractivity contribution in [1.29, 1.82) is 0 Å². The number of fused-ring (bicyclic) bond motifs is 2. The summed E-state index contributed by atoms with van der Waals surface area (Å²) in [7, 11) is -3.84. The van der Waals surface area contributed by atoms with Gasteiger partial charge in [-0.1, -0.05) is 12.1 Å². The Balaban J connectivity index is 1.65. The first-order valence-electron chi connectivity index (χ1n) is 10.2. The van der Waals surface area contributed by atoms with E-state index in [2.05, 4.69) is 5.32 Å². The number of anilines is 2. The maximum Gasteiger partial charge on any atom is 0.259 e. The Hall–Kier alpha value is -2.66. The number of morpholine rings is 2. The molecule has 2 saturated heterocycles. The Kier molecular flexibility index (Phi) is 5.30. The first kappa shape index (κ1) is 20.3. The number of benzene rings is 2. The number of amides is 1. The van der Waals surface area contributed by atoms with Crippen LogP contribution in [0.4, 0.5) is 11.4 Å². The van der Waals surface area contributed by atoms with Gasteiger partial charge in [0.15, 0.2) is 5.75 Å². The first-order valence-corrected chi connectivity index (χ1v) is 11.6. The van der Waals surface area contributed by atoms with E-state index in [9.17, 15) is 13.2 Å². The van der Waals surface area contributed by atoms with E-state index in [0.29, 0.717) is 62.4 Å². The lowest BCUT2D eigenvalue weighted by Crippen LogP contribution is -2.42. The highest BCUT2D eigenvalue weighted by molar-refractivity contribution is 7.89. The zero-order valence-corrected chi connectivity index (χ0v) is 17.7. The van der Waals surface area contributed by atoms with E-state index in [4.69, 9.17) is 14.2 Å². The molecule has 2 aromatic carbocycles. The number of carbonyl (C=O) groups excluding carboxylic acids is 1. The topological polar surface area (TPSA) is 97.4 Å². The Morgan fingerprint density at radius 2 is 1.55 bits per heavy atom. The van der Waals surface area contributed by atoms with Crippen molar-refractivity contribution in [2.24, 2.45) is 0 Å². The fourth-order valence-electron chi connectivity index (χ4n) is 3.96. The van der Waals surface area contributed by atoms with Gasteiger partial charge in [-0.05, 0) is 18.2 Å². The molecule has 0 bridgehead atoms. The van der Waals surface area contributed by atoms with Crippen molar-refractivity contribution in [1.82, 2.24) is 4.31 Å². The van der Waals surface area contributed by atoms with Gasteiger partial charge >= 0.3 is 0 Å². The van der Waals surface area contributed by atoms with Crippen LogP contribution in [0.5, 0.6) is 11.5 Å². The van der Waals surface area contributed by atoms with Crippen LogP contribution in [0.3, 0.4) is 0 Å². The highest BCUT2D eigenvalue weighted by Crippen LogP contribution is 2.41. The summed E-state index contributed by atoms with van der Waals surface area (Å²) in [4.78, 5) is 15.0. The number of rotatable bonds is 3. The van der Waals surface area contributed by atoms with Gasteiger partial charge in [0.2, 0.25) is 10.0 Å². The average Bonchev–Trinajstić information content (AvgIpc) is 2.94. The quantitative estimate of drug-likeness (QED) is 0.771. The third-order valence-corrected chi connectivity index (χ3v) is 7.53. The van der Waals surface area contributed by atoms with Crippen molar-refractivity contribution in [3.63, 3.8) is 0 Å². The van der Waals surface area contributed by atoms with Crippen LogP contribution in [0, 0.1) is 0 Å². The molecule has 0 radical (unpaired) electrons. The molecule has 0 atom stereocenters. The number of sulfonamides is 1. The van der Waals surface area contributed by atoms with Crippen LogP contribution in [-0.2, 0) is 19.5 Å². The normalized spacial score (nSPS) is 19.6. The smallest absolute Gasteiger partial charge is 0.259 e. The molecule has 0 aromatic heterocycles. The highest BCUT2D eigenvalue weighted by Gasteiger charge is 2.34. The second-order valence-corrected chi connectivity index (χ2v) is 9.39. The number of nitrogens with one attached hydrogen (secondary N) is 1. The van der Waals surface area contributed by atoms with Gasteiger partial charge in [-0.3, -0.25) is 4.79 Å². The first-order chi connectivity index (χ1) is 15.0. The molecule has 1 amide bonds. The maximum atomic E-state index is 13.6. The van der Waals surface area contributed by atoms with Gasteiger partial charge in [-0.15, -0.1) is 0 Å². The minimum Gasteiger partial charge on any atom is -0.454 e. The molecule has 5 rings (SSSR count). The van der Waals surface area contributed by atoms with Gasteiger partial charge in [0.05, 0.1) is 43.4 Å². The number of nitrogens with zero attached hydrogens (tertiary/aromatic N) is 2. The summed E-state index contributed by atoms with van der Waals surface area (Å²) in [6.07, 6.45) is 0. The summed E-state index contributed by atoms with van der Waals surface area (Å²) in [6, 6.07) is 10.2.